The van der Waals surface area contributed by atoms with Crippen LogP contribution in [0, 0.1) is 6.92 Å². The van der Waals surface area contributed by atoms with Gasteiger partial charge in [-0.2, -0.15) is 0 Å². The summed E-state index contributed by atoms with van der Waals surface area (Å²) in [5.74, 6) is 0.983. The van der Waals surface area contributed by atoms with E-state index in [1.54, 1.807) is 0 Å². The third-order valence-corrected chi connectivity index (χ3v) is 7.19. The number of aryl methyl sites for hydroxylation is 2. The second-order valence-electron chi connectivity index (χ2n) is 8.44. The van der Waals surface area contributed by atoms with E-state index in [9.17, 15) is 9.59 Å². The van der Waals surface area contributed by atoms with Gasteiger partial charge in [-0.25, -0.2) is 0 Å². The summed E-state index contributed by atoms with van der Waals surface area (Å²) in [4.78, 5) is 27.7. The van der Waals surface area contributed by atoms with Crippen LogP contribution in [0.4, 0.5) is 5.69 Å². The van der Waals surface area contributed by atoms with Gasteiger partial charge < -0.3 is 14.8 Å². The highest BCUT2D eigenvalue weighted by atomic mass is 32.2. The number of benzene rings is 2. The first-order chi connectivity index (χ1) is 16.5. The van der Waals surface area contributed by atoms with Crippen LogP contribution in [0.5, 0.6) is 0 Å². The first-order valence-electron chi connectivity index (χ1n) is 11.8. The zero-order valence-corrected chi connectivity index (χ0v) is 20.8. The standard InChI is InChI=1S/C26H31N5O2S/c1-4-19-12-14-20(15-13-19)27-23(32)17-34-26-29-28-24(30(26)5-2)22-11-8-16-31(22)25(33)21-10-7-6-9-18(21)3/h6-7,9-10,12-15,22H,4-5,8,11,16-17H2,1-3H3,(H,27,32). The van der Waals surface area contributed by atoms with Gasteiger partial charge >= 0.3 is 0 Å². The molecular weight excluding hydrogens is 446 g/mol. The lowest BCUT2D eigenvalue weighted by Crippen LogP contribution is -2.32. The van der Waals surface area contributed by atoms with Gasteiger partial charge in [0.15, 0.2) is 11.0 Å². The van der Waals surface area contributed by atoms with Gasteiger partial charge in [0.1, 0.15) is 0 Å². The second-order valence-corrected chi connectivity index (χ2v) is 9.39. The zero-order valence-electron chi connectivity index (χ0n) is 20.0. The summed E-state index contributed by atoms with van der Waals surface area (Å²) in [7, 11) is 0. The molecule has 1 unspecified atom stereocenters. The predicted molar refractivity (Wildman–Crippen MR) is 135 cm³/mol. The Labute approximate surface area is 205 Å². The van der Waals surface area contributed by atoms with Gasteiger partial charge in [0.25, 0.3) is 5.91 Å². The van der Waals surface area contributed by atoms with Gasteiger partial charge in [-0.3, -0.25) is 9.59 Å². The van der Waals surface area contributed by atoms with E-state index in [2.05, 4.69) is 22.4 Å². The van der Waals surface area contributed by atoms with E-state index in [1.165, 1.54) is 17.3 Å². The molecule has 1 aromatic heterocycles. The first kappa shape index (κ1) is 24.0. The smallest absolute Gasteiger partial charge is 0.254 e. The highest BCUT2D eigenvalue weighted by Gasteiger charge is 2.35. The molecule has 2 aromatic carbocycles. The summed E-state index contributed by atoms with van der Waals surface area (Å²) in [6.45, 7) is 7.48. The van der Waals surface area contributed by atoms with Crippen molar-refractivity contribution in [3.05, 3.63) is 71.0 Å². The fraction of sp³-hybridized carbons (Fsp3) is 0.385. The third-order valence-electron chi connectivity index (χ3n) is 6.23. The summed E-state index contributed by atoms with van der Waals surface area (Å²) < 4.78 is 2.03. The molecule has 8 heteroatoms. The lowest BCUT2D eigenvalue weighted by molar-refractivity contribution is -0.113. The Hall–Kier alpha value is -3.13. The molecule has 2 heterocycles. The molecule has 1 N–H and O–H groups in total. The zero-order chi connectivity index (χ0) is 24.1. The number of amides is 2. The maximum atomic E-state index is 13.3. The minimum atomic E-state index is -0.111. The van der Waals surface area contributed by atoms with Gasteiger partial charge in [0.05, 0.1) is 11.8 Å². The van der Waals surface area contributed by atoms with Crippen molar-refractivity contribution in [3.8, 4) is 0 Å². The Kier molecular flexibility index (Phi) is 7.67. The fourth-order valence-electron chi connectivity index (χ4n) is 4.35. The van der Waals surface area contributed by atoms with Crippen molar-refractivity contribution in [2.75, 3.05) is 17.6 Å². The Morgan fingerprint density at radius 2 is 1.85 bits per heavy atom. The molecule has 1 saturated heterocycles. The van der Waals surface area contributed by atoms with E-state index in [0.29, 0.717) is 18.2 Å². The van der Waals surface area contributed by atoms with Crippen molar-refractivity contribution in [2.24, 2.45) is 0 Å². The van der Waals surface area contributed by atoms with Gasteiger partial charge in [-0.05, 0) is 62.4 Å². The molecule has 0 radical (unpaired) electrons. The fourth-order valence-corrected chi connectivity index (χ4v) is 5.16. The Bertz CT molecular complexity index is 1160. The summed E-state index contributed by atoms with van der Waals surface area (Å²) >= 11 is 1.37. The average Bonchev–Trinajstić information content (AvgIpc) is 3.49. The van der Waals surface area contributed by atoms with Crippen LogP contribution in [0.3, 0.4) is 0 Å². The number of anilines is 1. The molecule has 1 fully saturated rings. The van der Waals surface area contributed by atoms with E-state index in [-0.39, 0.29) is 23.6 Å². The van der Waals surface area contributed by atoms with Crippen LogP contribution in [0.2, 0.25) is 0 Å². The monoisotopic (exact) mass is 477 g/mol. The lowest BCUT2D eigenvalue weighted by Gasteiger charge is -2.25. The molecular formula is C26H31N5O2S. The molecule has 0 spiro atoms. The Balaban J connectivity index is 1.44. The van der Waals surface area contributed by atoms with Crippen LogP contribution in [0.15, 0.2) is 53.7 Å². The predicted octanol–water partition coefficient (Wildman–Crippen LogP) is 4.88. The van der Waals surface area contributed by atoms with Crippen LogP contribution < -0.4 is 5.32 Å². The van der Waals surface area contributed by atoms with E-state index in [1.807, 2.05) is 71.8 Å². The summed E-state index contributed by atoms with van der Waals surface area (Å²) in [6, 6.07) is 15.5. The Morgan fingerprint density at radius 3 is 2.56 bits per heavy atom. The summed E-state index contributed by atoms with van der Waals surface area (Å²) in [5.41, 5.74) is 3.73. The SMILES string of the molecule is CCc1ccc(NC(=O)CSc2nnc(C3CCCN3C(=O)c3ccccc3C)n2CC)cc1. The van der Waals surface area contributed by atoms with Crippen molar-refractivity contribution < 1.29 is 9.59 Å². The number of nitrogens with one attached hydrogen (secondary N) is 1. The number of likely N-dealkylation sites (tertiary alicyclic amines) is 1. The molecule has 1 aliphatic heterocycles. The molecule has 0 aliphatic carbocycles. The number of carbonyl (C=O) groups is 2. The maximum Gasteiger partial charge on any atom is 0.254 e. The second kappa shape index (κ2) is 10.9. The molecule has 2 amide bonds. The highest BCUT2D eigenvalue weighted by Crippen LogP contribution is 2.34. The normalized spacial score (nSPS) is 15.5. The number of aromatic nitrogens is 3. The Morgan fingerprint density at radius 1 is 1.09 bits per heavy atom. The number of rotatable bonds is 8. The van der Waals surface area contributed by atoms with Crippen LogP contribution in [-0.2, 0) is 17.8 Å². The van der Waals surface area contributed by atoms with Crippen LogP contribution in [-0.4, -0.2) is 43.8 Å². The quantitative estimate of drug-likeness (QED) is 0.468. The number of thioether (sulfide) groups is 1. The third kappa shape index (κ3) is 5.17. The first-order valence-corrected chi connectivity index (χ1v) is 12.8. The number of carbonyl (C=O) groups excluding carboxylic acids is 2. The molecule has 7 nitrogen and oxygen atoms in total. The van der Waals surface area contributed by atoms with Crippen molar-refractivity contribution >= 4 is 29.3 Å². The molecule has 3 aromatic rings. The number of hydrogen-bond donors (Lipinski definition) is 1. The summed E-state index contributed by atoms with van der Waals surface area (Å²) in [5, 5.41) is 12.5. The van der Waals surface area contributed by atoms with Gasteiger partial charge in [-0.1, -0.05) is 49.0 Å². The van der Waals surface area contributed by atoms with Crippen LogP contribution in [0.1, 0.15) is 60.0 Å². The van der Waals surface area contributed by atoms with E-state index in [0.717, 1.165) is 41.9 Å². The van der Waals surface area contributed by atoms with Gasteiger partial charge in [0, 0.05) is 24.3 Å². The topological polar surface area (TPSA) is 80.1 Å². The van der Waals surface area contributed by atoms with Crippen molar-refractivity contribution in [1.82, 2.24) is 19.7 Å². The molecule has 1 atom stereocenters. The number of nitrogens with zero attached hydrogens (tertiary/aromatic N) is 4. The average molecular weight is 478 g/mol. The van der Waals surface area contributed by atoms with E-state index in [4.69, 9.17) is 0 Å². The molecule has 0 bridgehead atoms. The van der Waals surface area contributed by atoms with Crippen molar-refractivity contribution in [2.45, 2.75) is 57.8 Å². The largest absolute Gasteiger partial charge is 0.328 e. The highest BCUT2D eigenvalue weighted by molar-refractivity contribution is 7.99. The molecule has 0 saturated carbocycles. The summed E-state index contributed by atoms with van der Waals surface area (Å²) in [6.07, 6.45) is 2.75. The minimum absolute atomic E-state index is 0.0360. The van der Waals surface area contributed by atoms with Crippen LogP contribution in [0.25, 0.3) is 0 Å². The molecule has 34 heavy (non-hydrogen) atoms. The maximum absolute atomic E-state index is 13.3. The van der Waals surface area contributed by atoms with Gasteiger partial charge in [0.2, 0.25) is 5.91 Å². The van der Waals surface area contributed by atoms with Crippen molar-refractivity contribution in [3.63, 3.8) is 0 Å². The van der Waals surface area contributed by atoms with Crippen molar-refractivity contribution in [1.29, 1.82) is 0 Å². The van der Waals surface area contributed by atoms with E-state index >= 15 is 0 Å². The molecule has 4 rings (SSSR count). The van der Waals surface area contributed by atoms with E-state index < -0.39 is 0 Å². The molecule has 178 valence electrons. The minimum Gasteiger partial charge on any atom is -0.328 e. The number of hydrogen-bond acceptors (Lipinski definition) is 5. The van der Waals surface area contributed by atoms with Gasteiger partial charge in [-0.15, -0.1) is 10.2 Å². The van der Waals surface area contributed by atoms with Crippen LogP contribution >= 0.6 is 11.8 Å². The molecule has 1 aliphatic rings. The lowest BCUT2D eigenvalue weighted by atomic mass is 10.1.